The summed E-state index contributed by atoms with van der Waals surface area (Å²) in [5, 5.41) is 19.5. The molecule has 146 valence electrons. The Morgan fingerprint density at radius 3 is 2.22 bits per heavy atom. The number of nitrogens with one attached hydrogen (secondary N) is 1. The molecular weight excluding hydrogens is 364 g/mol. The molecule has 27 heavy (non-hydrogen) atoms. The molecule has 0 saturated heterocycles. The SMILES string of the molecule is N[C@@H](CC(=O)O)C(=O)OC(=O)C[C@H](NC(=O)OCc1ccccc1)C(=O)O. The maximum atomic E-state index is 11.7. The number of amides is 1. The average molecular weight is 382 g/mol. The maximum absolute atomic E-state index is 11.7. The second-order valence-corrected chi connectivity index (χ2v) is 5.30. The number of ether oxygens (including phenoxy) is 2. The standard InChI is InChI=1S/C16H18N2O9/c17-10(6-12(19)20)15(24)27-13(21)7-11(14(22)23)18-16(25)26-8-9-4-2-1-3-5-9/h1-5,10-11H,6-8,17H2,(H,18,25)(H,19,20)(H,22,23)/t10-,11-/m0/s1. The van der Waals surface area contributed by atoms with Crippen molar-refractivity contribution in [1.82, 2.24) is 5.32 Å². The molecule has 5 N–H and O–H groups in total. The molecule has 0 bridgehead atoms. The van der Waals surface area contributed by atoms with Gasteiger partial charge in [0.2, 0.25) is 0 Å². The van der Waals surface area contributed by atoms with Gasteiger partial charge >= 0.3 is 30.0 Å². The lowest BCUT2D eigenvalue weighted by molar-refractivity contribution is -0.163. The van der Waals surface area contributed by atoms with Gasteiger partial charge in [0.1, 0.15) is 18.7 Å². The first-order valence-electron chi connectivity index (χ1n) is 7.61. The summed E-state index contributed by atoms with van der Waals surface area (Å²) < 4.78 is 9.12. The number of aliphatic carboxylic acids is 2. The third-order valence-electron chi connectivity index (χ3n) is 3.09. The van der Waals surface area contributed by atoms with Gasteiger partial charge in [-0.1, -0.05) is 30.3 Å². The summed E-state index contributed by atoms with van der Waals surface area (Å²) in [7, 11) is 0. The molecule has 0 fully saturated rings. The number of hydrogen-bond donors (Lipinski definition) is 4. The molecule has 0 spiro atoms. The molecule has 0 unspecified atom stereocenters. The first kappa shape index (κ1) is 21.6. The van der Waals surface area contributed by atoms with Crippen molar-refractivity contribution in [1.29, 1.82) is 0 Å². The van der Waals surface area contributed by atoms with Crippen molar-refractivity contribution >= 4 is 30.0 Å². The minimum atomic E-state index is -1.72. The van der Waals surface area contributed by atoms with Crippen LogP contribution in [0.2, 0.25) is 0 Å². The maximum Gasteiger partial charge on any atom is 0.408 e. The lowest BCUT2D eigenvalue weighted by atomic mass is 10.2. The first-order chi connectivity index (χ1) is 12.7. The fourth-order valence-electron chi connectivity index (χ4n) is 1.77. The van der Waals surface area contributed by atoms with Crippen LogP contribution in [0.5, 0.6) is 0 Å². The van der Waals surface area contributed by atoms with Gasteiger partial charge in [-0.05, 0) is 5.56 Å². The van der Waals surface area contributed by atoms with Gasteiger partial charge < -0.3 is 30.7 Å². The Morgan fingerprint density at radius 2 is 1.67 bits per heavy atom. The van der Waals surface area contributed by atoms with Crippen LogP contribution in [-0.4, -0.2) is 52.3 Å². The van der Waals surface area contributed by atoms with Crippen LogP contribution in [0.3, 0.4) is 0 Å². The molecule has 1 amide bonds. The highest BCUT2D eigenvalue weighted by molar-refractivity contribution is 5.92. The zero-order chi connectivity index (χ0) is 20.4. The highest BCUT2D eigenvalue weighted by Gasteiger charge is 2.28. The van der Waals surface area contributed by atoms with Crippen molar-refractivity contribution in [3.63, 3.8) is 0 Å². The molecule has 1 rings (SSSR count). The first-order valence-corrected chi connectivity index (χ1v) is 7.61. The van der Waals surface area contributed by atoms with Gasteiger partial charge in [-0.3, -0.25) is 9.59 Å². The van der Waals surface area contributed by atoms with Crippen LogP contribution in [0, 0.1) is 0 Å². The summed E-state index contributed by atoms with van der Waals surface area (Å²) >= 11 is 0. The monoisotopic (exact) mass is 382 g/mol. The minimum absolute atomic E-state index is 0.119. The van der Waals surface area contributed by atoms with E-state index in [0.717, 1.165) is 0 Å². The normalized spacial score (nSPS) is 12.3. The Kier molecular flexibility index (Phi) is 8.39. The summed E-state index contributed by atoms with van der Waals surface area (Å²) in [6.07, 6.45) is -2.74. The zero-order valence-corrected chi connectivity index (χ0v) is 14.0. The Balaban J connectivity index is 2.51. The molecule has 0 aromatic heterocycles. The Morgan fingerprint density at radius 1 is 1.04 bits per heavy atom. The van der Waals surface area contributed by atoms with E-state index in [1.54, 1.807) is 30.3 Å². The van der Waals surface area contributed by atoms with E-state index in [2.05, 4.69) is 4.74 Å². The fraction of sp³-hybridized carbons (Fsp3) is 0.312. The molecule has 1 aromatic rings. The number of nitrogens with two attached hydrogens (primary N) is 1. The van der Waals surface area contributed by atoms with E-state index in [1.807, 2.05) is 5.32 Å². The fourth-order valence-corrected chi connectivity index (χ4v) is 1.77. The highest BCUT2D eigenvalue weighted by atomic mass is 16.6. The summed E-state index contributed by atoms with van der Waals surface area (Å²) in [5.41, 5.74) is 5.88. The van der Waals surface area contributed by atoms with Crippen molar-refractivity contribution in [2.45, 2.75) is 31.5 Å². The van der Waals surface area contributed by atoms with Crippen molar-refractivity contribution in [2.75, 3.05) is 0 Å². The van der Waals surface area contributed by atoms with Crippen molar-refractivity contribution in [2.24, 2.45) is 5.73 Å². The van der Waals surface area contributed by atoms with Crippen LogP contribution in [0.15, 0.2) is 30.3 Å². The molecule has 1 aromatic carbocycles. The molecule has 0 aliphatic heterocycles. The van der Waals surface area contributed by atoms with Crippen LogP contribution < -0.4 is 11.1 Å². The Bertz CT molecular complexity index is 705. The van der Waals surface area contributed by atoms with Gasteiger partial charge in [0, 0.05) is 0 Å². The number of rotatable bonds is 9. The summed E-state index contributed by atoms with van der Waals surface area (Å²) in [6, 6.07) is 5.27. The third kappa shape index (κ3) is 8.45. The number of hydrogen-bond acceptors (Lipinski definition) is 8. The number of carboxylic acids is 2. The summed E-state index contributed by atoms with van der Waals surface area (Å²) in [4.78, 5) is 56.3. The van der Waals surface area contributed by atoms with Gasteiger partial charge in [0.05, 0.1) is 12.8 Å². The van der Waals surface area contributed by atoms with E-state index in [1.165, 1.54) is 0 Å². The third-order valence-corrected chi connectivity index (χ3v) is 3.09. The van der Waals surface area contributed by atoms with Crippen LogP contribution in [-0.2, 0) is 35.3 Å². The van der Waals surface area contributed by atoms with Gasteiger partial charge in [-0.2, -0.15) is 0 Å². The van der Waals surface area contributed by atoms with Crippen LogP contribution in [0.4, 0.5) is 4.79 Å². The molecule has 2 atom stereocenters. The highest BCUT2D eigenvalue weighted by Crippen LogP contribution is 2.03. The quantitative estimate of drug-likeness (QED) is 0.324. The number of alkyl carbamates (subject to hydrolysis) is 1. The molecule has 0 aliphatic rings. The second kappa shape index (κ2) is 10.5. The van der Waals surface area contributed by atoms with Crippen LogP contribution >= 0.6 is 0 Å². The van der Waals surface area contributed by atoms with E-state index in [0.29, 0.717) is 5.56 Å². The van der Waals surface area contributed by atoms with E-state index in [-0.39, 0.29) is 6.61 Å². The van der Waals surface area contributed by atoms with Crippen molar-refractivity contribution < 1.29 is 43.7 Å². The Labute approximate surface area is 153 Å². The van der Waals surface area contributed by atoms with E-state index in [4.69, 9.17) is 20.7 Å². The van der Waals surface area contributed by atoms with E-state index >= 15 is 0 Å². The molecule has 0 saturated carbocycles. The van der Waals surface area contributed by atoms with Crippen molar-refractivity contribution in [3.05, 3.63) is 35.9 Å². The van der Waals surface area contributed by atoms with Crippen molar-refractivity contribution in [3.8, 4) is 0 Å². The number of carbonyl (C=O) groups is 5. The number of carbonyl (C=O) groups excluding carboxylic acids is 3. The lowest BCUT2D eigenvalue weighted by Gasteiger charge is -2.14. The second-order valence-electron chi connectivity index (χ2n) is 5.30. The predicted molar refractivity (Wildman–Crippen MR) is 87.1 cm³/mol. The van der Waals surface area contributed by atoms with Crippen LogP contribution in [0.1, 0.15) is 18.4 Å². The molecule has 0 aliphatic carbocycles. The largest absolute Gasteiger partial charge is 0.481 e. The lowest BCUT2D eigenvalue weighted by Crippen LogP contribution is -2.43. The van der Waals surface area contributed by atoms with Crippen LogP contribution in [0.25, 0.3) is 0 Å². The molecule has 11 heteroatoms. The molecule has 11 nitrogen and oxygen atoms in total. The van der Waals surface area contributed by atoms with Gasteiger partial charge in [-0.15, -0.1) is 0 Å². The van der Waals surface area contributed by atoms with Gasteiger partial charge in [0.25, 0.3) is 0 Å². The zero-order valence-electron chi connectivity index (χ0n) is 14.0. The number of esters is 2. The Hall–Kier alpha value is -3.47. The predicted octanol–water partition coefficient (Wildman–Crippen LogP) is -0.372. The summed E-state index contributed by atoms with van der Waals surface area (Å²) in [6.45, 7) is -0.119. The number of benzene rings is 1. The summed E-state index contributed by atoms with van der Waals surface area (Å²) in [5.74, 6) is -5.56. The van der Waals surface area contributed by atoms with E-state index in [9.17, 15) is 24.0 Å². The van der Waals surface area contributed by atoms with Gasteiger partial charge in [0.15, 0.2) is 0 Å². The molecular formula is C16H18N2O9. The number of carboxylic acid groups (broad SMARTS) is 2. The minimum Gasteiger partial charge on any atom is -0.481 e. The smallest absolute Gasteiger partial charge is 0.408 e. The molecule has 0 radical (unpaired) electrons. The average Bonchev–Trinajstić information content (AvgIpc) is 2.59. The van der Waals surface area contributed by atoms with E-state index < -0.39 is 54.9 Å². The van der Waals surface area contributed by atoms with Gasteiger partial charge in [-0.25, -0.2) is 14.4 Å². The molecule has 0 heterocycles. The topological polar surface area (TPSA) is 182 Å².